The van der Waals surface area contributed by atoms with Crippen molar-refractivity contribution < 1.29 is 8.42 Å². The van der Waals surface area contributed by atoms with E-state index in [9.17, 15) is 8.42 Å². The van der Waals surface area contributed by atoms with Crippen LogP contribution in [0.5, 0.6) is 0 Å². The van der Waals surface area contributed by atoms with E-state index in [-0.39, 0.29) is 0 Å². The Bertz CT molecular complexity index is 1010. The van der Waals surface area contributed by atoms with E-state index in [1.54, 1.807) is 24.3 Å². The zero-order valence-electron chi connectivity index (χ0n) is 15.0. The van der Waals surface area contributed by atoms with Gasteiger partial charge in [-0.1, -0.05) is 36.4 Å². The molecule has 1 unspecified atom stereocenters. The summed E-state index contributed by atoms with van der Waals surface area (Å²) in [7, 11) is -1.44. The second-order valence-corrected chi connectivity index (χ2v) is 8.96. The minimum Gasteiger partial charge on any atom is -0.306 e. The van der Waals surface area contributed by atoms with Gasteiger partial charge in [-0.2, -0.15) is 0 Å². The molecule has 0 radical (unpaired) electrons. The summed E-state index contributed by atoms with van der Waals surface area (Å²) in [5.74, 6) is 0.400. The van der Waals surface area contributed by atoms with Gasteiger partial charge in [-0.05, 0) is 69.1 Å². The molecule has 0 N–H and O–H groups in total. The third-order valence-corrected chi connectivity index (χ3v) is 7.09. The molecule has 4 rings (SSSR count). The molecule has 1 saturated heterocycles. The Kier molecular flexibility index (Phi) is 4.59. The highest BCUT2D eigenvalue weighted by molar-refractivity contribution is 7.90. The van der Waals surface area contributed by atoms with Crippen molar-refractivity contribution >= 4 is 20.9 Å². The summed E-state index contributed by atoms with van der Waals surface area (Å²) in [6.07, 6.45) is 5.18. The second kappa shape index (κ2) is 6.89. The molecule has 0 spiro atoms. The SMILES string of the molecule is CN1CCCC(c2cn(S(=O)(=O)c3ccccc3)c3ccccc23)CC1. The molecule has 26 heavy (non-hydrogen) atoms. The van der Waals surface area contributed by atoms with Crippen LogP contribution in [0.2, 0.25) is 0 Å². The molecule has 0 aliphatic carbocycles. The number of nitrogens with zero attached hydrogens (tertiary/aromatic N) is 2. The quantitative estimate of drug-likeness (QED) is 0.700. The van der Waals surface area contributed by atoms with Crippen LogP contribution < -0.4 is 0 Å². The van der Waals surface area contributed by atoms with Crippen molar-refractivity contribution in [3.05, 3.63) is 66.4 Å². The van der Waals surface area contributed by atoms with Gasteiger partial charge in [0.15, 0.2) is 0 Å². The lowest BCUT2D eigenvalue weighted by Crippen LogP contribution is -2.18. The predicted molar refractivity (Wildman–Crippen MR) is 105 cm³/mol. The summed E-state index contributed by atoms with van der Waals surface area (Å²) in [6, 6.07) is 16.5. The van der Waals surface area contributed by atoms with E-state index >= 15 is 0 Å². The molecule has 1 fully saturated rings. The summed E-state index contributed by atoms with van der Waals surface area (Å²) in [6.45, 7) is 2.16. The number of hydrogen-bond acceptors (Lipinski definition) is 3. The van der Waals surface area contributed by atoms with Crippen molar-refractivity contribution in [1.82, 2.24) is 8.87 Å². The second-order valence-electron chi connectivity index (χ2n) is 7.15. The number of aromatic nitrogens is 1. The van der Waals surface area contributed by atoms with Crippen LogP contribution in [0, 0.1) is 0 Å². The lowest BCUT2D eigenvalue weighted by molar-refractivity contribution is 0.347. The maximum Gasteiger partial charge on any atom is 0.268 e. The molecular weight excluding hydrogens is 344 g/mol. The molecule has 4 nitrogen and oxygen atoms in total. The molecule has 5 heteroatoms. The Balaban J connectivity index is 1.85. The largest absolute Gasteiger partial charge is 0.306 e. The van der Waals surface area contributed by atoms with Gasteiger partial charge < -0.3 is 4.90 Å². The molecule has 1 aliphatic rings. The number of rotatable bonds is 3. The van der Waals surface area contributed by atoms with Crippen LogP contribution in [-0.4, -0.2) is 37.4 Å². The van der Waals surface area contributed by atoms with Crippen LogP contribution in [0.4, 0.5) is 0 Å². The molecule has 0 saturated carbocycles. The lowest BCUT2D eigenvalue weighted by Gasteiger charge is -2.14. The Labute approximate surface area is 155 Å². The van der Waals surface area contributed by atoms with Gasteiger partial charge in [0.25, 0.3) is 10.0 Å². The highest BCUT2D eigenvalue weighted by Crippen LogP contribution is 2.35. The summed E-state index contributed by atoms with van der Waals surface area (Å²) < 4.78 is 27.9. The maximum absolute atomic E-state index is 13.2. The van der Waals surface area contributed by atoms with E-state index < -0.39 is 10.0 Å². The Hall–Kier alpha value is -2.11. The van der Waals surface area contributed by atoms with Gasteiger partial charge in [-0.15, -0.1) is 0 Å². The number of fused-ring (bicyclic) bond motifs is 1. The summed E-state index contributed by atoms with van der Waals surface area (Å²) in [4.78, 5) is 2.69. The zero-order chi connectivity index (χ0) is 18.1. The summed E-state index contributed by atoms with van der Waals surface area (Å²) >= 11 is 0. The van der Waals surface area contributed by atoms with E-state index in [1.165, 1.54) is 3.97 Å². The third kappa shape index (κ3) is 3.06. The van der Waals surface area contributed by atoms with Crippen LogP contribution in [0.3, 0.4) is 0 Å². The number of likely N-dealkylation sites (tertiary alicyclic amines) is 1. The van der Waals surface area contributed by atoms with Crippen LogP contribution in [0.25, 0.3) is 10.9 Å². The van der Waals surface area contributed by atoms with E-state index in [0.717, 1.165) is 48.8 Å². The van der Waals surface area contributed by atoms with Gasteiger partial charge in [0, 0.05) is 11.6 Å². The molecule has 2 aromatic carbocycles. The average molecular weight is 369 g/mol. The van der Waals surface area contributed by atoms with Gasteiger partial charge >= 0.3 is 0 Å². The van der Waals surface area contributed by atoms with Crippen molar-refractivity contribution in [2.45, 2.75) is 30.1 Å². The average Bonchev–Trinajstić information content (AvgIpc) is 2.93. The molecule has 0 amide bonds. The Morgan fingerprint density at radius 2 is 1.65 bits per heavy atom. The Morgan fingerprint density at radius 1 is 0.923 bits per heavy atom. The number of benzene rings is 2. The maximum atomic E-state index is 13.2. The first-order valence-corrected chi connectivity index (χ1v) is 10.6. The van der Waals surface area contributed by atoms with Crippen molar-refractivity contribution in [2.75, 3.05) is 20.1 Å². The van der Waals surface area contributed by atoms with Gasteiger partial charge in [0.05, 0.1) is 10.4 Å². The highest BCUT2D eigenvalue weighted by atomic mass is 32.2. The molecule has 136 valence electrons. The van der Waals surface area contributed by atoms with Gasteiger partial charge in [0.2, 0.25) is 0 Å². The van der Waals surface area contributed by atoms with E-state index in [1.807, 2.05) is 30.5 Å². The van der Waals surface area contributed by atoms with Crippen LogP contribution >= 0.6 is 0 Å². The molecule has 2 heterocycles. The molecule has 3 aromatic rings. The molecule has 1 aromatic heterocycles. The van der Waals surface area contributed by atoms with Crippen molar-refractivity contribution in [3.8, 4) is 0 Å². The van der Waals surface area contributed by atoms with E-state index in [2.05, 4.69) is 18.0 Å². The highest BCUT2D eigenvalue weighted by Gasteiger charge is 2.25. The first-order chi connectivity index (χ1) is 12.6. The predicted octanol–water partition coefficient (Wildman–Crippen LogP) is 4.08. The van der Waals surface area contributed by atoms with Gasteiger partial charge in [-0.25, -0.2) is 12.4 Å². The fourth-order valence-electron chi connectivity index (χ4n) is 3.96. The number of para-hydroxylation sites is 1. The van der Waals surface area contributed by atoms with Crippen molar-refractivity contribution in [2.24, 2.45) is 0 Å². The summed E-state index contributed by atoms with van der Waals surface area (Å²) in [5.41, 5.74) is 1.93. The summed E-state index contributed by atoms with van der Waals surface area (Å²) in [5, 5.41) is 1.06. The standard InChI is InChI=1S/C21H24N2O2S/c1-22-14-7-8-17(13-15-22)20-16-23(21-12-6-5-11-19(20)21)26(24,25)18-9-3-2-4-10-18/h2-6,9-12,16-17H,7-8,13-15H2,1H3. The lowest BCUT2D eigenvalue weighted by atomic mass is 9.92. The van der Waals surface area contributed by atoms with E-state index in [0.29, 0.717) is 10.8 Å². The van der Waals surface area contributed by atoms with Gasteiger partial charge in [0.1, 0.15) is 0 Å². The molecular formula is C21H24N2O2S. The Morgan fingerprint density at radius 3 is 2.46 bits per heavy atom. The minimum atomic E-state index is -3.60. The molecule has 1 atom stereocenters. The van der Waals surface area contributed by atoms with Crippen molar-refractivity contribution in [3.63, 3.8) is 0 Å². The molecule has 1 aliphatic heterocycles. The first kappa shape index (κ1) is 17.3. The zero-order valence-corrected chi connectivity index (χ0v) is 15.8. The van der Waals surface area contributed by atoms with Gasteiger partial charge in [-0.3, -0.25) is 0 Å². The van der Waals surface area contributed by atoms with Crippen LogP contribution in [-0.2, 0) is 10.0 Å². The fraction of sp³-hybridized carbons (Fsp3) is 0.333. The normalized spacial score (nSPS) is 19.5. The monoisotopic (exact) mass is 368 g/mol. The number of hydrogen-bond donors (Lipinski definition) is 0. The van der Waals surface area contributed by atoms with E-state index in [4.69, 9.17) is 0 Å². The first-order valence-electron chi connectivity index (χ1n) is 9.16. The molecule has 0 bridgehead atoms. The van der Waals surface area contributed by atoms with Crippen LogP contribution in [0.1, 0.15) is 30.7 Å². The fourth-order valence-corrected chi connectivity index (χ4v) is 5.36. The smallest absolute Gasteiger partial charge is 0.268 e. The topological polar surface area (TPSA) is 42.3 Å². The van der Waals surface area contributed by atoms with Crippen molar-refractivity contribution in [1.29, 1.82) is 0 Å². The third-order valence-electron chi connectivity index (χ3n) is 5.40. The minimum absolute atomic E-state index is 0.327. The van der Waals surface area contributed by atoms with Crippen LogP contribution in [0.15, 0.2) is 65.7 Å².